The summed E-state index contributed by atoms with van der Waals surface area (Å²) in [6, 6.07) is 12.5. The molecule has 3 aromatic rings. The molecule has 0 bridgehead atoms. The first-order valence-electron chi connectivity index (χ1n) is 7.41. The largest absolute Gasteiger partial charge is 0.354 e. The summed E-state index contributed by atoms with van der Waals surface area (Å²) in [5.74, 6) is 0.246. The zero-order valence-electron chi connectivity index (χ0n) is 13.6. The highest BCUT2D eigenvalue weighted by atomic mass is 35.5. The molecule has 130 valence electrons. The zero-order valence-corrected chi connectivity index (χ0v) is 16.0. The first-order chi connectivity index (χ1) is 11.8. The third-order valence-electron chi connectivity index (χ3n) is 3.33. The van der Waals surface area contributed by atoms with Crippen molar-refractivity contribution in [1.29, 1.82) is 0 Å². The van der Waals surface area contributed by atoms with Gasteiger partial charge in [-0.1, -0.05) is 17.7 Å². The first-order valence-corrected chi connectivity index (χ1v) is 10.1. The molecule has 0 spiro atoms. The van der Waals surface area contributed by atoms with Crippen LogP contribution in [0.4, 0.5) is 17.2 Å². The molecule has 2 aromatic heterocycles. The van der Waals surface area contributed by atoms with Gasteiger partial charge in [-0.05, 0) is 61.4 Å². The van der Waals surface area contributed by atoms with Crippen LogP contribution in [0.5, 0.6) is 0 Å². The van der Waals surface area contributed by atoms with E-state index in [1.165, 1.54) is 6.07 Å². The minimum atomic E-state index is -3.67. The van der Waals surface area contributed by atoms with Crippen LogP contribution in [0.3, 0.4) is 0 Å². The Morgan fingerprint density at radius 1 is 1.00 bits per heavy atom. The van der Waals surface area contributed by atoms with Crippen LogP contribution in [-0.2, 0) is 10.0 Å². The number of hydrogen-bond acceptors (Lipinski definition) is 5. The predicted molar refractivity (Wildman–Crippen MR) is 104 cm³/mol. The van der Waals surface area contributed by atoms with E-state index in [0.717, 1.165) is 33.8 Å². The first kappa shape index (κ1) is 17.7. The number of pyridine rings is 1. The molecule has 0 radical (unpaired) electrons. The maximum atomic E-state index is 12.3. The molecular weight excluding hydrogens is 378 g/mol. The summed E-state index contributed by atoms with van der Waals surface area (Å²) >= 11 is 6.79. The fraction of sp³-hybridized carbons (Fsp3) is 0.118. The minimum absolute atomic E-state index is 0.150. The van der Waals surface area contributed by atoms with Gasteiger partial charge in [-0.3, -0.25) is 4.72 Å². The molecule has 25 heavy (non-hydrogen) atoms. The average Bonchev–Trinajstić information content (AvgIpc) is 2.95. The number of rotatable bonds is 5. The molecule has 3 rings (SSSR count). The molecule has 0 aliphatic heterocycles. The molecule has 0 atom stereocenters. The highest BCUT2D eigenvalue weighted by Crippen LogP contribution is 2.27. The van der Waals surface area contributed by atoms with Crippen molar-refractivity contribution < 1.29 is 8.42 Å². The SMILES string of the molecule is Cc1cc(C)cc(Nc2ccc(NS(=O)(=O)c3ccc(Cl)s3)nc2)c1. The van der Waals surface area contributed by atoms with Gasteiger partial charge in [0.05, 0.1) is 16.2 Å². The third kappa shape index (κ3) is 4.50. The van der Waals surface area contributed by atoms with Crippen molar-refractivity contribution in [2.45, 2.75) is 18.1 Å². The second-order valence-electron chi connectivity index (χ2n) is 5.60. The number of thiophene rings is 1. The predicted octanol–water partition coefficient (Wildman–Crippen LogP) is 4.96. The van der Waals surface area contributed by atoms with Crippen molar-refractivity contribution >= 4 is 50.2 Å². The summed E-state index contributed by atoms with van der Waals surface area (Å²) < 4.78 is 27.5. The lowest BCUT2D eigenvalue weighted by molar-refractivity contribution is 0.603. The van der Waals surface area contributed by atoms with Crippen LogP contribution in [-0.4, -0.2) is 13.4 Å². The number of halogens is 1. The highest BCUT2D eigenvalue weighted by molar-refractivity contribution is 7.94. The number of hydrogen-bond donors (Lipinski definition) is 2. The summed E-state index contributed by atoms with van der Waals surface area (Å²) in [5.41, 5.74) is 4.05. The van der Waals surface area contributed by atoms with Crippen molar-refractivity contribution in [3.63, 3.8) is 0 Å². The van der Waals surface area contributed by atoms with Crippen LogP contribution in [0.2, 0.25) is 4.34 Å². The summed E-state index contributed by atoms with van der Waals surface area (Å²) in [6.45, 7) is 4.07. The monoisotopic (exact) mass is 393 g/mol. The minimum Gasteiger partial charge on any atom is -0.354 e. The van der Waals surface area contributed by atoms with Crippen LogP contribution in [0.1, 0.15) is 11.1 Å². The van der Waals surface area contributed by atoms with Crippen molar-refractivity contribution in [1.82, 2.24) is 4.98 Å². The van der Waals surface area contributed by atoms with Gasteiger partial charge in [-0.2, -0.15) is 0 Å². The molecule has 0 saturated carbocycles. The van der Waals surface area contributed by atoms with Crippen LogP contribution in [0.25, 0.3) is 0 Å². The number of sulfonamides is 1. The lowest BCUT2D eigenvalue weighted by Crippen LogP contribution is -2.12. The molecule has 0 aliphatic rings. The summed E-state index contributed by atoms with van der Waals surface area (Å²) in [4.78, 5) is 4.16. The van der Waals surface area contributed by atoms with E-state index in [2.05, 4.69) is 21.1 Å². The van der Waals surface area contributed by atoms with Crippen LogP contribution < -0.4 is 10.0 Å². The summed E-state index contributed by atoms with van der Waals surface area (Å²) in [5, 5.41) is 3.26. The quantitative estimate of drug-likeness (QED) is 0.642. The van der Waals surface area contributed by atoms with E-state index in [1.54, 1.807) is 24.4 Å². The maximum Gasteiger partial charge on any atom is 0.272 e. The van der Waals surface area contributed by atoms with E-state index in [4.69, 9.17) is 11.6 Å². The Morgan fingerprint density at radius 2 is 1.72 bits per heavy atom. The van der Waals surface area contributed by atoms with Gasteiger partial charge in [0.1, 0.15) is 10.0 Å². The van der Waals surface area contributed by atoms with Gasteiger partial charge in [-0.25, -0.2) is 13.4 Å². The molecule has 0 amide bonds. The van der Waals surface area contributed by atoms with Gasteiger partial charge in [0.2, 0.25) is 0 Å². The Morgan fingerprint density at radius 3 is 2.28 bits per heavy atom. The van der Waals surface area contributed by atoms with E-state index < -0.39 is 10.0 Å². The number of aromatic nitrogens is 1. The molecule has 0 aliphatic carbocycles. The molecule has 5 nitrogen and oxygen atoms in total. The van der Waals surface area contributed by atoms with Crippen LogP contribution >= 0.6 is 22.9 Å². The van der Waals surface area contributed by atoms with Gasteiger partial charge < -0.3 is 5.32 Å². The van der Waals surface area contributed by atoms with Crippen molar-refractivity contribution in [3.8, 4) is 0 Å². The molecule has 0 fully saturated rings. The Hall–Kier alpha value is -2.09. The topological polar surface area (TPSA) is 71.1 Å². The van der Waals surface area contributed by atoms with Gasteiger partial charge in [0.15, 0.2) is 0 Å². The number of aryl methyl sites for hydroxylation is 2. The van der Waals surface area contributed by atoms with Gasteiger partial charge >= 0.3 is 0 Å². The lowest BCUT2D eigenvalue weighted by Gasteiger charge is -2.10. The maximum absolute atomic E-state index is 12.3. The molecule has 2 heterocycles. The average molecular weight is 394 g/mol. The normalized spacial score (nSPS) is 11.3. The second-order valence-corrected chi connectivity index (χ2v) is 9.22. The van der Waals surface area contributed by atoms with Gasteiger partial charge in [-0.15, -0.1) is 11.3 Å². The van der Waals surface area contributed by atoms with Gasteiger partial charge in [0, 0.05) is 5.69 Å². The number of benzene rings is 1. The van der Waals surface area contributed by atoms with E-state index in [1.807, 2.05) is 26.0 Å². The lowest BCUT2D eigenvalue weighted by atomic mass is 10.1. The fourth-order valence-corrected chi connectivity index (χ4v) is 4.86. The molecule has 0 unspecified atom stereocenters. The Labute approximate surface area is 155 Å². The fourth-order valence-electron chi connectivity index (χ4n) is 2.37. The van der Waals surface area contributed by atoms with Gasteiger partial charge in [0.25, 0.3) is 10.0 Å². The van der Waals surface area contributed by atoms with E-state index in [-0.39, 0.29) is 10.0 Å². The summed E-state index contributed by atoms with van der Waals surface area (Å²) in [6.07, 6.45) is 1.58. The van der Waals surface area contributed by atoms with Crippen molar-refractivity contribution in [3.05, 3.63) is 64.1 Å². The van der Waals surface area contributed by atoms with E-state index in [9.17, 15) is 8.42 Å². The van der Waals surface area contributed by atoms with Crippen molar-refractivity contribution in [2.75, 3.05) is 10.0 Å². The molecule has 2 N–H and O–H groups in total. The number of nitrogens with one attached hydrogen (secondary N) is 2. The molecule has 1 aromatic carbocycles. The van der Waals surface area contributed by atoms with E-state index in [0.29, 0.717) is 4.34 Å². The molecule has 0 saturated heterocycles. The van der Waals surface area contributed by atoms with Crippen LogP contribution in [0, 0.1) is 13.8 Å². The van der Waals surface area contributed by atoms with Crippen LogP contribution in [0.15, 0.2) is 52.9 Å². The number of nitrogens with zero attached hydrogens (tertiary/aromatic N) is 1. The Bertz CT molecular complexity index is 979. The highest BCUT2D eigenvalue weighted by Gasteiger charge is 2.17. The zero-order chi connectivity index (χ0) is 18.0. The second kappa shape index (κ2) is 7.03. The van der Waals surface area contributed by atoms with E-state index >= 15 is 0 Å². The molecule has 8 heteroatoms. The van der Waals surface area contributed by atoms with Crippen molar-refractivity contribution in [2.24, 2.45) is 0 Å². The Kier molecular flexibility index (Phi) is 4.99. The smallest absolute Gasteiger partial charge is 0.272 e. The Balaban J connectivity index is 1.74. The third-order valence-corrected chi connectivity index (χ3v) is 6.40. The standard InChI is InChI=1S/C17H16ClN3O2S2/c1-11-7-12(2)9-14(8-11)20-13-3-5-16(19-10-13)21-25(22,23)17-6-4-15(18)24-17/h3-10,20H,1-2H3,(H,19,21). The molecular formula is C17H16ClN3O2S2. The summed E-state index contributed by atoms with van der Waals surface area (Å²) in [7, 11) is -3.67. The number of anilines is 3.